The van der Waals surface area contributed by atoms with E-state index in [4.69, 9.17) is 4.99 Å². The van der Waals surface area contributed by atoms with Crippen LogP contribution in [0.25, 0.3) is 0 Å². The fourth-order valence-electron chi connectivity index (χ4n) is 4.01. The van der Waals surface area contributed by atoms with E-state index in [0.29, 0.717) is 6.04 Å². The highest BCUT2D eigenvalue weighted by Crippen LogP contribution is 2.18. The monoisotopic (exact) mass is 407 g/mol. The van der Waals surface area contributed by atoms with Crippen molar-refractivity contribution in [2.45, 2.75) is 38.4 Å². The van der Waals surface area contributed by atoms with E-state index in [-0.39, 0.29) is 6.04 Å². The van der Waals surface area contributed by atoms with Gasteiger partial charge >= 0.3 is 0 Å². The van der Waals surface area contributed by atoms with E-state index in [9.17, 15) is 0 Å². The van der Waals surface area contributed by atoms with Gasteiger partial charge in [0.2, 0.25) is 0 Å². The van der Waals surface area contributed by atoms with Crippen molar-refractivity contribution in [3.05, 3.63) is 71.8 Å². The first-order valence-corrected chi connectivity index (χ1v) is 11.2. The van der Waals surface area contributed by atoms with Crippen molar-refractivity contribution < 1.29 is 0 Å². The van der Waals surface area contributed by atoms with Gasteiger partial charge in [-0.2, -0.15) is 0 Å². The lowest BCUT2D eigenvalue weighted by molar-refractivity contribution is 0.198. The fraction of sp³-hybridized carbons (Fsp3) is 0.480. The fourth-order valence-corrected chi connectivity index (χ4v) is 4.01. The van der Waals surface area contributed by atoms with Crippen LogP contribution in [0.2, 0.25) is 0 Å². The van der Waals surface area contributed by atoms with Gasteiger partial charge in [0.15, 0.2) is 5.96 Å². The van der Waals surface area contributed by atoms with Crippen molar-refractivity contribution in [1.29, 1.82) is 0 Å². The van der Waals surface area contributed by atoms with Gasteiger partial charge in [0.05, 0.1) is 12.6 Å². The second-order valence-electron chi connectivity index (χ2n) is 8.29. The summed E-state index contributed by atoms with van der Waals surface area (Å²) in [5.41, 5.74) is 2.70. The number of rotatable bonds is 8. The molecule has 30 heavy (non-hydrogen) atoms. The summed E-state index contributed by atoms with van der Waals surface area (Å²) in [6.45, 7) is 7.02. The van der Waals surface area contributed by atoms with E-state index in [0.717, 1.165) is 51.5 Å². The van der Waals surface area contributed by atoms with Crippen LogP contribution in [-0.4, -0.2) is 62.1 Å². The molecule has 1 fully saturated rings. The second-order valence-corrected chi connectivity index (χ2v) is 8.29. The third kappa shape index (κ3) is 6.85. The molecule has 0 aliphatic carbocycles. The van der Waals surface area contributed by atoms with E-state index >= 15 is 0 Å². The van der Waals surface area contributed by atoms with Crippen molar-refractivity contribution in [2.75, 3.05) is 40.3 Å². The minimum atomic E-state index is 0.273. The van der Waals surface area contributed by atoms with Crippen molar-refractivity contribution in [3.63, 3.8) is 0 Å². The molecule has 1 heterocycles. The molecule has 0 amide bonds. The Morgan fingerprint density at radius 3 is 2.27 bits per heavy atom. The van der Waals surface area contributed by atoms with Crippen molar-refractivity contribution >= 4 is 5.96 Å². The number of likely N-dealkylation sites (N-methyl/N-ethyl adjacent to an activating group) is 1. The highest BCUT2D eigenvalue weighted by atomic mass is 15.2. The quantitative estimate of drug-likeness (QED) is 0.519. The van der Waals surface area contributed by atoms with Crippen LogP contribution in [-0.2, 0) is 6.54 Å². The summed E-state index contributed by atoms with van der Waals surface area (Å²) in [6.07, 6.45) is 2.29. The summed E-state index contributed by atoms with van der Waals surface area (Å²) in [5.74, 6) is 0.932. The van der Waals surface area contributed by atoms with Crippen LogP contribution in [0.3, 0.4) is 0 Å². The van der Waals surface area contributed by atoms with Gasteiger partial charge in [-0.25, -0.2) is 0 Å². The Hall–Kier alpha value is -2.37. The zero-order chi connectivity index (χ0) is 21.2. The third-order valence-corrected chi connectivity index (χ3v) is 5.75. The summed E-state index contributed by atoms with van der Waals surface area (Å²) in [5, 5.41) is 7.11. The van der Waals surface area contributed by atoms with Crippen LogP contribution in [0.1, 0.15) is 36.9 Å². The Kier molecular flexibility index (Phi) is 8.72. The molecule has 3 rings (SSSR count). The zero-order valence-electron chi connectivity index (χ0n) is 18.7. The molecule has 5 nitrogen and oxygen atoms in total. The number of nitrogens with one attached hydrogen (secondary N) is 2. The van der Waals surface area contributed by atoms with Crippen LogP contribution in [0, 0.1) is 0 Å². The van der Waals surface area contributed by atoms with Gasteiger partial charge in [-0.1, -0.05) is 60.7 Å². The standard InChI is InChI=1S/C25H37N5/c1-4-26-25(27-19-24(29(2)3)22-13-9-6-10-14-22)28-23-15-17-30(18-16-23)20-21-11-7-5-8-12-21/h5-14,23-24H,4,15-20H2,1-3H3,(H2,26,27,28). The van der Waals surface area contributed by atoms with Crippen LogP contribution in [0.15, 0.2) is 65.7 Å². The van der Waals surface area contributed by atoms with Gasteiger partial charge in [-0.3, -0.25) is 9.89 Å². The summed E-state index contributed by atoms with van der Waals surface area (Å²) < 4.78 is 0. The highest BCUT2D eigenvalue weighted by Gasteiger charge is 2.20. The van der Waals surface area contributed by atoms with Crippen LogP contribution in [0.5, 0.6) is 0 Å². The first kappa shape index (κ1) is 22.3. The number of nitrogens with zero attached hydrogens (tertiary/aromatic N) is 3. The topological polar surface area (TPSA) is 42.9 Å². The Labute approximate surface area is 182 Å². The van der Waals surface area contributed by atoms with Crippen molar-refractivity contribution in [2.24, 2.45) is 4.99 Å². The first-order chi connectivity index (χ1) is 14.7. The zero-order valence-corrected chi connectivity index (χ0v) is 18.7. The highest BCUT2D eigenvalue weighted by molar-refractivity contribution is 5.80. The van der Waals surface area contributed by atoms with Crippen LogP contribution >= 0.6 is 0 Å². The third-order valence-electron chi connectivity index (χ3n) is 5.75. The molecule has 1 aliphatic heterocycles. The number of aliphatic imine (C=N–C) groups is 1. The summed E-state index contributed by atoms with van der Waals surface area (Å²) >= 11 is 0. The lowest BCUT2D eigenvalue weighted by atomic mass is 10.0. The largest absolute Gasteiger partial charge is 0.357 e. The molecule has 1 unspecified atom stereocenters. The molecule has 0 saturated carbocycles. The Morgan fingerprint density at radius 1 is 1.03 bits per heavy atom. The SMILES string of the molecule is CCNC(=NCC(c1ccccc1)N(C)C)NC1CCN(Cc2ccccc2)CC1. The molecule has 2 aromatic carbocycles. The van der Waals surface area contributed by atoms with Crippen LogP contribution in [0.4, 0.5) is 0 Å². The van der Waals surface area contributed by atoms with Gasteiger partial charge in [-0.05, 0) is 45.0 Å². The molecule has 1 aliphatic rings. The lowest BCUT2D eigenvalue weighted by Crippen LogP contribution is -2.48. The molecular formula is C25H37N5. The van der Waals surface area contributed by atoms with E-state index < -0.39 is 0 Å². The van der Waals surface area contributed by atoms with Gasteiger partial charge in [0.1, 0.15) is 0 Å². The molecule has 5 heteroatoms. The molecule has 0 spiro atoms. The van der Waals surface area contributed by atoms with Crippen LogP contribution < -0.4 is 10.6 Å². The normalized spacial score (nSPS) is 17.1. The Balaban J connectivity index is 1.53. The minimum absolute atomic E-state index is 0.273. The first-order valence-electron chi connectivity index (χ1n) is 11.2. The lowest BCUT2D eigenvalue weighted by Gasteiger charge is -2.33. The number of hydrogen-bond acceptors (Lipinski definition) is 3. The summed E-state index contributed by atoms with van der Waals surface area (Å²) in [7, 11) is 4.24. The number of benzene rings is 2. The summed E-state index contributed by atoms with van der Waals surface area (Å²) in [4.78, 5) is 9.72. The van der Waals surface area contributed by atoms with Crippen molar-refractivity contribution in [1.82, 2.24) is 20.4 Å². The van der Waals surface area contributed by atoms with Gasteiger partial charge in [0.25, 0.3) is 0 Å². The molecule has 0 radical (unpaired) electrons. The molecular weight excluding hydrogens is 370 g/mol. The van der Waals surface area contributed by atoms with E-state index in [1.165, 1.54) is 11.1 Å². The predicted octanol–water partition coefficient (Wildman–Crippen LogP) is 3.51. The molecule has 2 N–H and O–H groups in total. The maximum absolute atomic E-state index is 4.93. The maximum atomic E-state index is 4.93. The van der Waals surface area contributed by atoms with Gasteiger partial charge < -0.3 is 15.5 Å². The summed E-state index contributed by atoms with van der Waals surface area (Å²) in [6, 6.07) is 22.1. The van der Waals surface area contributed by atoms with E-state index in [1.54, 1.807) is 0 Å². The number of piperidine rings is 1. The minimum Gasteiger partial charge on any atom is -0.357 e. The average molecular weight is 408 g/mol. The van der Waals surface area contributed by atoms with Gasteiger partial charge in [-0.15, -0.1) is 0 Å². The molecule has 2 aromatic rings. The molecule has 1 saturated heterocycles. The Bertz CT molecular complexity index is 752. The maximum Gasteiger partial charge on any atom is 0.191 e. The number of guanidine groups is 1. The van der Waals surface area contributed by atoms with Gasteiger partial charge in [0, 0.05) is 32.2 Å². The molecule has 162 valence electrons. The number of likely N-dealkylation sites (tertiary alicyclic amines) is 1. The second kappa shape index (κ2) is 11.7. The Morgan fingerprint density at radius 2 is 1.67 bits per heavy atom. The average Bonchev–Trinajstić information content (AvgIpc) is 2.76. The number of hydrogen-bond donors (Lipinski definition) is 2. The molecule has 0 aromatic heterocycles. The smallest absolute Gasteiger partial charge is 0.191 e. The van der Waals surface area contributed by atoms with Crippen molar-refractivity contribution in [3.8, 4) is 0 Å². The van der Waals surface area contributed by atoms with E-state index in [1.807, 2.05) is 0 Å². The molecule has 1 atom stereocenters. The molecule has 0 bridgehead atoms. The van der Waals surface area contributed by atoms with E-state index in [2.05, 4.69) is 102 Å². The predicted molar refractivity (Wildman–Crippen MR) is 127 cm³/mol.